The highest BCUT2D eigenvalue weighted by Crippen LogP contribution is 2.23. The molecular weight excluding hydrogens is 272 g/mol. The Bertz CT molecular complexity index is 618. The molecule has 2 rings (SSSR count). The van der Waals surface area contributed by atoms with E-state index in [1.165, 1.54) is 25.1 Å². The lowest BCUT2D eigenvalue weighted by Gasteiger charge is -2.06. The van der Waals surface area contributed by atoms with E-state index in [4.69, 9.17) is 21.1 Å². The van der Waals surface area contributed by atoms with Crippen molar-refractivity contribution in [2.24, 2.45) is 0 Å². The Kier molecular flexibility index (Phi) is 3.82. The maximum Gasteiger partial charge on any atom is 0.411 e. The lowest BCUT2D eigenvalue weighted by molar-refractivity contribution is -0.673. The number of ether oxygens (including phenoxy) is 2. The predicted octanol–water partition coefficient (Wildman–Crippen LogP) is 2.09. The lowest BCUT2D eigenvalue weighted by atomic mass is 10.3. The van der Waals surface area contributed by atoms with Gasteiger partial charge in [0.15, 0.2) is 5.15 Å². The minimum atomic E-state index is -0.441. The minimum absolute atomic E-state index is 0.0376. The molecule has 98 valence electrons. The van der Waals surface area contributed by atoms with Gasteiger partial charge >= 0.3 is 11.8 Å². The summed E-state index contributed by atoms with van der Waals surface area (Å²) in [7, 11) is 0. The fourth-order valence-corrected chi connectivity index (χ4v) is 1.47. The Morgan fingerprint density at radius 1 is 1.32 bits per heavy atom. The standard InChI is InChI=1S/C12H9ClN2O4/c1-8(16)18-9-3-2-4-10(7-9)19-12-6-5-11(13)14-15(12)17/h2-7H,1H3. The molecule has 6 nitrogen and oxygen atoms in total. The maximum atomic E-state index is 11.4. The SMILES string of the molecule is CC(=O)Oc1cccc(Oc2ccc(Cl)n[n+]2[O-])c1. The molecule has 0 aliphatic heterocycles. The monoisotopic (exact) mass is 280 g/mol. The predicted molar refractivity (Wildman–Crippen MR) is 66.0 cm³/mol. The van der Waals surface area contributed by atoms with Crippen molar-refractivity contribution in [2.75, 3.05) is 0 Å². The first kappa shape index (κ1) is 13.1. The molecule has 1 aromatic heterocycles. The molecule has 0 saturated heterocycles. The third-order valence-electron chi connectivity index (χ3n) is 2.03. The maximum absolute atomic E-state index is 11.4. The van der Waals surface area contributed by atoms with Crippen LogP contribution in [0.4, 0.5) is 0 Å². The number of aromatic nitrogens is 2. The average Bonchev–Trinajstić information content (AvgIpc) is 2.32. The molecule has 7 heteroatoms. The molecule has 0 spiro atoms. The van der Waals surface area contributed by atoms with Crippen LogP contribution in [-0.4, -0.2) is 11.1 Å². The summed E-state index contributed by atoms with van der Waals surface area (Å²) >= 11 is 5.56. The Hall–Kier alpha value is -2.34. The van der Waals surface area contributed by atoms with E-state index in [2.05, 4.69) is 5.10 Å². The van der Waals surface area contributed by atoms with Crippen LogP contribution in [0.3, 0.4) is 0 Å². The van der Waals surface area contributed by atoms with Crippen molar-refractivity contribution in [3.8, 4) is 17.4 Å². The van der Waals surface area contributed by atoms with Gasteiger partial charge in [0.1, 0.15) is 11.5 Å². The summed E-state index contributed by atoms with van der Waals surface area (Å²) in [6.45, 7) is 1.29. The Morgan fingerprint density at radius 3 is 2.74 bits per heavy atom. The highest BCUT2D eigenvalue weighted by molar-refractivity contribution is 6.29. The molecule has 2 aromatic rings. The molecule has 0 unspecified atom stereocenters. The van der Waals surface area contributed by atoms with E-state index in [0.717, 1.165) is 0 Å². The second-order valence-corrected chi connectivity index (χ2v) is 3.93. The van der Waals surface area contributed by atoms with Gasteiger partial charge in [0, 0.05) is 18.1 Å². The quantitative estimate of drug-likeness (QED) is 0.372. The van der Waals surface area contributed by atoms with Crippen molar-refractivity contribution in [1.82, 2.24) is 5.10 Å². The molecule has 1 aromatic carbocycles. The van der Waals surface area contributed by atoms with E-state index in [-0.39, 0.29) is 15.9 Å². The average molecular weight is 281 g/mol. The van der Waals surface area contributed by atoms with Crippen molar-refractivity contribution in [1.29, 1.82) is 0 Å². The molecule has 0 radical (unpaired) electrons. The topological polar surface area (TPSA) is 75.4 Å². The molecule has 0 amide bonds. The fourth-order valence-electron chi connectivity index (χ4n) is 1.33. The Balaban J connectivity index is 2.21. The van der Waals surface area contributed by atoms with Gasteiger partial charge in [-0.15, -0.1) is 0 Å². The number of carbonyl (C=O) groups excluding carboxylic acids is 1. The van der Waals surface area contributed by atoms with Gasteiger partial charge < -0.3 is 14.7 Å². The zero-order chi connectivity index (χ0) is 13.8. The summed E-state index contributed by atoms with van der Waals surface area (Å²) in [6.07, 6.45) is 0. The van der Waals surface area contributed by atoms with Crippen LogP contribution >= 0.6 is 11.6 Å². The van der Waals surface area contributed by atoms with Crippen LogP contribution in [0.2, 0.25) is 5.15 Å². The number of hydrogen-bond acceptors (Lipinski definition) is 5. The second-order valence-electron chi connectivity index (χ2n) is 3.54. The molecule has 0 aliphatic carbocycles. The highest BCUT2D eigenvalue weighted by Gasteiger charge is 2.11. The van der Waals surface area contributed by atoms with E-state index in [9.17, 15) is 10.0 Å². The minimum Gasteiger partial charge on any atom is -0.591 e. The van der Waals surface area contributed by atoms with Crippen molar-refractivity contribution in [3.63, 3.8) is 0 Å². The van der Waals surface area contributed by atoms with Crippen LogP contribution in [0.5, 0.6) is 17.4 Å². The first-order valence-corrected chi connectivity index (χ1v) is 5.65. The van der Waals surface area contributed by atoms with E-state index < -0.39 is 5.97 Å². The van der Waals surface area contributed by atoms with E-state index in [0.29, 0.717) is 11.5 Å². The number of rotatable bonds is 3. The van der Waals surface area contributed by atoms with Crippen molar-refractivity contribution in [2.45, 2.75) is 6.92 Å². The molecular formula is C12H9ClN2O4. The first-order chi connectivity index (χ1) is 9.04. The Labute approximate surface area is 113 Å². The molecule has 1 heterocycles. The largest absolute Gasteiger partial charge is 0.591 e. The molecule has 0 N–H and O–H groups in total. The summed E-state index contributed by atoms with van der Waals surface area (Å²) in [5.74, 6) is 0.186. The number of carbonyl (C=O) groups is 1. The Morgan fingerprint density at radius 2 is 2.05 bits per heavy atom. The van der Waals surface area contributed by atoms with Crippen molar-refractivity contribution in [3.05, 3.63) is 46.8 Å². The number of benzene rings is 1. The van der Waals surface area contributed by atoms with Crippen LogP contribution in [-0.2, 0) is 4.79 Å². The summed E-state index contributed by atoms with van der Waals surface area (Å²) < 4.78 is 10.2. The first-order valence-electron chi connectivity index (χ1n) is 5.27. The van der Waals surface area contributed by atoms with Gasteiger partial charge in [-0.3, -0.25) is 4.79 Å². The second kappa shape index (κ2) is 5.53. The van der Waals surface area contributed by atoms with E-state index in [1.54, 1.807) is 18.2 Å². The van der Waals surface area contributed by atoms with Gasteiger partial charge in [-0.2, -0.15) is 0 Å². The van der Waals surface area contributed by atoms with Crippen molar-refractivity contribution >= 4 is 17.6 Å². The summed E-state index contributed by atoms with van der Waals surface area (Å²) in [5.41, 5.74) is 0. The molecule has 0 aliphatic rings. The molecule has 0 saturated carbocycles. The summed E-state index contributed by atoms with van der Waals surface area (Å²) in [5, 5.41) is 14.9. The third-order valence-corrected chi connectivity index (χ3v) is 2.23. The lowest BCUT2D eigenvalue weighted by Crippen LogP contribution is -2.32. The number of nitrogens with zero attached hydrogens (tertiary/aromatic N) is 2. The molecule has 0 fully saturated rings. The van der Waals surface area contributed by atoms with Gasteiger partial charge in [0.25, 0.3) is 0 Å². The van der Waals surface area contributed by atoms with Crippen molar-refractivity contribution < 1.29 is 19.1 Å². The van der Waals surface area contributed by atoms with Gasteiger partial charge in [-0.1, -0.05) is 17.7 Å². The zero-order valence-corrected chi connectivity index (χ0v) is 10.6. The van der Waals surface area contributed by atoms with Crippen LogP contribution in [0.25, 0.3) is 0 Å². The summed E-state index contributed by atoms with van der Waals surface area (Å²) in [6, 6.07) is 9.14. The number of hydrogen-bond donors (Lipinski definition) is 0. The van der Waals surface area contributed by atoms with E-state index >= 15 is 0 Å². The molecule has 0 bridgehead atoms. The third kappa shape index (κ3) is 3.56. The van der Waals surface area contributed by atoms with Crippen LogP contribution in [0, 0.1) is 5.21 Å². The number of esters is 1. The fraction of sp³-hybridized carbons (Fsp3) is 0.0833. The summed E-state index contributed by atoms with van der Waals surface area (Å²) in [4.78, 5) is 11.1. The van der Waals surface area contributed by atoms with Gasteiger partial charge in [-0.05, 0) is 23.0 Å². The molecule has 19 heavy (non-hydrogen) atoms. The normalized spacial score (nSPS) is 10.0. The van der Waals surface area contributed by atoms with Crippen LogP contribution in [0.1, 0.15) is 6.92 Å². The van der Waals surface area contributed by atoms with Gasteiger partial charge in [0.05, 0.1) is 6.07 Å². The highest BCUT2D eigenvalue weighted by atomic mass is 35.5. The van der Waals surface area contributed by atoms with Gasteiger partial charge in [0.2, 0.25) is 0 Å². The van der Waals surface area contributed by atoms with Crippen LogP contribution < -0.4 is 14.3 Å². The van der Waals surface area contributed by atoms with Gasteiger partial charge in [-0.25, -0.2) is 0 Å². The zero-order valence-electron chi connectivity index (χ0n) is 9.87. The molecule has 0 atom stereocenters. The van der Waals surface area contributed by atoms with E-state index in [1.807, 2.05) is 0 Å². The van der Waals surface area contributed by atoms with Crippen LogP contribution in [0.15, 0.2) is 36.4 Å². The smallest absolute Gasteiger partial charge is 0.411 e. The number of halogens is 1.